The number of carbonyl (C=O) groups is 1. The molecule has 0 bridgehead atoms. The van der Waals surface area contributed by atoms with Gasteiger partial charge in [-0.05, 0) is 78.6 Å². The molecular formula is C28H32N2O4S. The molecule has 1 heterocycles. The standard InChI is InChI=1S/C28H32N2O4S/c1-19-6-10-25(14-20(19)2)35-27-16-21(8-11-26(27)31)28(32)29-17-22-7-9-24(15-23(22)18-29)34-13-5-12-30(3,4)33/h6-11,14-16,31H,5,12-13,17-18H2,1-4H3. The van der Waals surface area contributed by atoms with E-state index in [-0.39, 0.29) is 16.3 Å². The van der Waals surface area contributed by atoms with Crippen LogP contribution < -0.4 is 4.74 Å². The van der Waals surface area contributed by atoms with Gasteiger partial charge in [0.1, 0.15) is 11.5 Å². The number of quaternary nitrogens is 1. The van der Waals surface area contributed by atoms with Crippen LogP contribution >= 0.6 is 11.8 Å². The quantitative estimate of drug-likeness (QED) is 0.250. The summed E-state index contributed by atoms with van der Waals surface area (Å²) in [5.41, 5.74) is 5.13. The SMILES string of the molecule is Cc1ccc(Sc2cc(C(=O)N3Cc4ccc(OCCC[N+](C)(C)[O-])cc4C3)ccc2O)cc1C. The van der Waals surface area contributed by atoms with Crippen molar-refractivity contribution in [1.82, 2.24) is 4.90 Å². The first-order valence-electron chi connectivity index (χ1n) is 11.7. The van der Waals surface area contributed by atoms with Gasteiger partial charge in [0.25, 0.3) is 5.91 Å². The molecular weight excluding hydrogens is 460 g/mol. The second-order valence-electron chi connectivity index (χ2n) is 9.62. The average molecular weight is 493 g/mol. The molecule has 0 aliphatic carbocycles. The molecule has 1 aliphatic rings. The number of carbonyl (C=O) groups excluding carboxylic acids is 1. The predicted octanol–water partition coefficient (Wildman–Crippen LogP) is 5.66. The molecule has 0 radical (unpaired) electrons. The molecule has 35 heavy (non-hydrogen) atoms. The van der Waals surface area contributed by atoms with Gasteiger partial charge in [0, 0.05) is 30.0 Å². The number of aryl methyl sites for hydroxylation is 2. The van der Waals surface area contributed by atoms with Crippen LogP contribution in [0.4, 0.5) is 0 Å². The fourth-order valence-corrected chi connectivity index (χ4v) is 5.04. The van der Waals surface area contributed by atoms with E-state index in [1.807, 2.05) is 29.2 Å². The molecule has 184 valence electrons. The van der Waals surface area contributed by atoms with Crippen molar-refractivity contribution in [2.24, 2.45) is 0 Å². The summed E-state index contributed by atoms with van der Waals surface area (Å²) in [6.45, 7) is 6.17. The molecule has 0 fully saturated rings. The van der Waals surface area contributed by atoms with E-state index in [0.717, 1.165) is 21.8 Å². The van der Waals surface area contributed by atoms with Gasteiger partial charge < -0.3 is 24.6 Å². The van der Waals surface area contributed by atoms with Crippen molar-refractivity contribution < 1.29 is 19.3 Å². The number of hydrogen-bond donors (Lipinski definition) is 1. The fraction of sp³-hybridized carbons (Fsp3) is 0.321. The van der Waals surface area contributed by atoms with Gasteiger partial charge in [0.05, 0.1) is 32.1 Å². The largest absolute Gasteiger partial charge is 0.633 e. The molecule has 0 unspecified atom stereocenters. The topological polar surface area (TPSA) is 72.8 Å². The van der Waals surface area contributed by atoms with Crippen LogP contribution in [0.25, 0.3) is 0 Å². The number of aromatic hydroxyl groups is 1. The summed E-state index contributed by atoms with van der Waals surface area (Å²) in [5, 5.41) is 22.1. The number of fused-ring (bicyclic) bond motifs is 1. The second-order valence-corrected chi connectivity index (χ2v) is 10.7. The highest BCUT2D eigenvalue weighted by Crippen LogP contribution is 2.36. The average Bonchev–Trinajstić information content (AvgIpc) is 3.23. The monoisotopic (exact) mass is 492 g/mol. The number of phenols is 1. The van der Waals surface area contributed by atoms with Crippen molar-refractivity contribution in [3.8, 4) is 11.5 Å². The van der Waals surface area contributed by atoms with E-state index in [2.05, 4.69) is 26.0 Å². The molecule has 3 aromatic rings. The Kier molecular flexibility index (Phi) is 7.40. The number of ether oxygens (including phenoxy) is 1. The minimum atomic E-state index is -0.327. The van der Waals surface area contributed by atoms with E-state index in [4.69, 9.17) is 4.74 Å². The highest BCUT2D eigenvalue weighted by atomic mass is 32.2. The van der Waals surface area contributed by atoms with Gasteiger partial charge in [0.2, 0.25) is 0 Å². The second kappa shape index (κ2) is 10.3. The Morgan fingerprint density at radius 1 is 1.03 bits per heavy atom. The Hall–Kier alpha value is -3.00. The van der Waals surface area contributed by atoms with Crippen LogP contribution in [0.2, 0.25) is 0 Å². The van der Waals surface area contributed by atoms with E-state index >= 15 is 0 Å². The third-order valence-electron chi connectivity index (χ3n) is 6.21. The zero-order chi connectivity index (χ0) is 25.2. The zero-order valence-electron chi connectivity index (χ0n) is 20.7. The van der Waals surface area contributed by atoms with Gasteiger partial charge in [-0.3, -0.25) is 4.79 Å². The van der Waals surface area contributed by atoms with Crippen LogP contribution in [0.5, 0.6) is 11.5 Å². The Morgan fingerprint density at radius 3 is 2.54 bits per heavy atom. The van der Waals surface area contributed by atoms with Crippen LogP contribution in [-0.4, -0.2) is 47.8 Å². The van der Waals surface area contributed by atoms with Crippen LogP contribution in [0.3, 0.4) is 0 Å². The number of phenolic OH excluding ortho intramolecular Hbond substituents is 1. The van der Waals surface area contributed by atoms with Gasteiger partial charge in [-0.1, -0.05) is 23.9 Å². The number of amides is 1. The van der Waals surface area contributed by atoms with Gasteiger partial charge in [-0.2, -0.15) is 0 Å². The molecule has 6 nitrogen and oxygen atoms in total. The highest BCUT2D eigenvalue weighted by molar-refractivity contribution is 7.99. The smallest absolute Gasteiger partial charge is 0.254 e. The molecule has 1 N–H and O–H groups in total. The molecule has 1 amide bonds. The lowest BCUT2D eigenvalue weighted by Gasteiger charge is -2.33. The lowest BCUT2D eigenvalue weighted by atomic mass is 10.1. The maximum absolute atomic E-state index is 13.3. The fourth-order valence-electron chi connectivity index (χ4n) is 4.06. The first-order chi connectivity index (χ1) is 16.6. The molecule has 0 saturated heterocycles. The maximum atomic E-state index is 13.3. The van der Waals surface area contributed by atoms with E-state index in [0.29, 0.717) is 43.1 Å². The molecule has 1 aliphatic heterocycles. The molecule has 0 saturated carbocycles. The Morgan fingerprint density at radius 2 is 1.80 bits per heavy atom. The van der Waals surface area contributed by atoms with Crippen LogP contribution in [0.15, 0.2) is 64.4 Å². The van der Waals surface area contributed by atoms with Gasteiger partial charge >= 0.3 is 0 Å². The number of hydroxylamine groups is 3. The number of hydrogen-bond acceptors (Lipinski definition) is 5. The van der Waals surface area contributed by atoms with E-state index < -0.39 is 0 Å². The highest BCUT2D eigenvalue weighted by Gasteiger charge is 2.25. The number of nitrogens with zero attached hydrogens (tertiary/aromatic N) is 2. The Labute approximate surface area is 211 Å². The van der Waals surface area contributed by atoms with Crippen molar-refractivity contribution in [3.63, 3.8) is 0 Å². The van der Waals surface area contributed by atoms with Crippen LogP contribution in [-0.2, 0) is 13.1 Å². The molecule has 7 heteroatoms. The van der Waals surface area contributed by atoms with E-state index in [1.54, 1.807) is 32.3 Å². The molecule has 0 atom stereocenters. The number of benzene rings is 3. The summed E-state index contributed by atoms with van der Waals surface area (Å²) in [6.07, 6.45) is 0.682. The van der Waals surface area contributed by atoms with Crippen LogP contribution in [0, 0.1) is 19.1 Å². The molecule has 0 aromatic heterocycles. The van der Waals surface area contributed by atoms with Gasteiger partial charge in [-0.25, -0.2) is 0 Å². The zero-order valence-corrected chi connectivity index (χ0v) is 21.5. The first-order valence-corrected chi connectivity index (χ1v) is 12.6. The van der Waals surface area contributed by atoms with E-state index in [1.165, 1.54) is 22.9 Å². The Bertz CT molecular complexity index is 1240. The maximum Gasteiger partial charge on any atom is 0.254 e. The molecule has 0 spiro atoms. The lowest BCUT2D eigenvalue weighted by molar-refractivity contribution is -0.840. The van der Waals surface area contributed by atoms with Crippen molar-refractivity contribution in [2.45, 2.75) is 43.1 Å². The summed E-state index contributed by atoms with van der Waals surface area (Å²) in [5.74, 6) is 0.849. The van der Waals surface area contributed by atoms with Crippen molar-refractivity contribution in [1.29, 1.82) is 0 Å². The van der Waals surface area contributed by atoms with Crippen molar-refractivity contribution >= 4 is 17.7 Å². The Balaban J connectivity index is 1.41. The molecule has 4 rings (SSSR count). The van der Waals surface area contributed by atoms with Gasteiger partial charge in [0.15, 0.2) is 0 Å². The minimum absolute atomic E-state index is 0.0685. The van der Waals surface area contributed by atoms with Crippen LogP contribution in [0.1, 0.15) is 39.0 Å². The summed E-state index contributed by atoms with van der Waals surface area (Å²) >= 11 is 1.45. The van der Waals surface area contributed by atoms with Gasteiger partial charge in [-0.15, -0.1) is 0 Å². The normalized spacial score (nSPS) is 13.1. The minimum Gasteiger partial charge on any atom is -0.633 e. The lowest BCUT2D eigenvalue weighted by Crippen LogP contribution is -2.33. The van der Waals surface area contributed by atoms with Crippen molar-refractivity contribution in [2.75, 3.05) is 27.2 Å². The summed E-state index contributed by atoms with van der Waals surface area (Å²) in [7, 11) is 3.25. The summed E-state index contributed by atoms with van der Waals surface area (Å²) < 4.78 is 5.50. The molecule has 3 aromatic carbocycles. The summed E-state index contributed by atoms with van der Waals surface area (Å²) in [6, 6.07) is 17.1. The third-order valence-corrected chi connectivity index (χ3v) is 7.25. The predicted molar refractivity (Wildman–Crippen MR) is 139 cm³/mol. The van der Waals surface area contributed by atoms with E-state index in [9.17, 15) is 15.1 Å². The van der Waals surface area contributed by atoms with Crippen molar-refractivity contribution in [3.05, 3.63) is 87.6 Å². The summed E-state index contributed by atoms with van der Waals surface area (Å²) in [4.78, 5) is 16.8. The number of rotatable bonds is 8. The first kappa shape index (κ1) is 25.1. The third kappa shape index (κ3) is 6.36.